The molecule has 4 nitrogen and oxygen atoms in total. The number of allylic oxidation sites excluding steroid dienone is 1. The van der Waals surface area contributed by atoms with Gasteiger partial charge in [-0.05, 0) is 52.9 Å². The van der Waals surface area contributed by atoms with Crippen LogP contribution in [0.3, 0.4) is 0 Å². The van der Waals surface area contributed by atoms with Crippen LogP contribution in [0.4, 0.5) is 0 Å². The lowest BCUT2D eigenvalue weighted by atomic mass is 9.74. The second kappa shape index (κ2) is 7.65. The van der Waals surface area contributed by atoms with Crippen molar-refractivity contribution in [2.75, 3.05) is 0 Å². The Morgan fingerprint density at radius 3 is 2.30 bits per heavy atom. The van der Waals surface area contributed by atoms with Crippen molar-refractivity contribution in [2.45, 2.75) is 85.2 Å². The topological polar surface area (TPSA) is 40.6 Å². The number of fused-ring (bicyclic) bond motifs is 1. The normalized spacial score (nSPS) is 25.6. The summed E-state index contributed by atoms with van der Waals surface area (Å²) in [6.45, 7) is 16.3. The van der Waals surface area contributed by atoms with Gasteiger partial charge >= 0.3 is 0 Å². The van der Waals surface area contributed by atoms with Gasteiger partial charge in [0.15, 0.2) is 0 Å². The van der Waals surface area contributed by atoms with E-state index in [9.17, 15) is 9.59 Å². The van der Waals surface area contributed by atoms with Crippen LogP contribution in [-0.4, -0.2) is 33.2 Å². The Balaban J connectivity index is 2.50. The van der Waals surface area contributed by atoms with E-state index in [0.717, 1.165) is 19.3 Å². The maximum absolute atomic E-state index is 13.6. The number of hydrogen-bond donors (Lipinski definition) is 0. The predicted molar refractivity (Wildman–Crippen MR) is 111 cm³/mol. The minimum atomic E-state index is -0.741. The van der Waals surface area contributed by atoms with E-state index in [1.54, 1.807) is 0 Å². The molecule has 2 atom stereocenters. The Bertz CT molecular complexity index is 644. The fourth-order valence-electron chi connectivity index (χ4n) is 4.55. The first-order chi connectivity index (χ1) is 12.6. The molecule has 0 saturated carbocycles. The maximum atomic E-state index is 13.6. The molecule has 0 aromatic carbocycles. The number of hydrogen-bond acceptors (Lipinski definition) is 2. The van der Waals surface area contributed by atoms with Gasteiger partial charge < -0.3 is 9.80 Å². The van der Waals surface area contributed by atoms with Gasteiger partial charge in [0.25, 0.3) is 0 Å². The van der Waals surface area contributed by atoms with Crippen molar-refractivity contribution in [2.24, 2.45) is 10.8 Å². The maximum Gasteiger partial charge on any atom is 0.239 e. The van der Waals surface area contributed by atoms with Crippen LogP contribution in [0.2, 0.25) is 0 Å². The number of amides is 2. The highest BCUT2D eigenvalue weighted by Crippen LogP contribution is 2.46. The number of carbonyl (C=O) groups excluding carboxylic acids is 2. The van der Waals surface area contributed by atoms with Crippen molar-refractivity contribution in [3.8, 4) is 0 Å². The van der Waals surface area contributed by atoms with Crippen LogP contribution < -0.4 is 0 Å². The molecule has 0 spiro atoms. The van der Waals surface area contributed by atoms with Crippen LogP contribution in [0.15, 0.2) is 37.2 Å². The highest BCUT2D eigenvalue weighted by molar-refractivity contribution is 5.91. The zero-order chi connectivity index (χ0) is 20.5. The monoisotopic (exact) mass is 372 g/mol. The van der Waals surface area contributed by atoms with E-state index in [-0.39, 0.29) is 28.8 Å². The van der Waals surface area contributed by atoms with Crippen LogP contribution in [-0.2, 0) is 9.59 Å². The molecular weight excluding hydrogens is 336 g/mol. The third-order valence-corrected chi connectivity index (χ3v) is 6.62. The van der Waals surface area contributed by atoms with E-state index in [1.165, 1.54) is 0 Å². The fraction of sp³-hybridized carbons (Fsp3) is 0.652. The summed E-state index contributed by atoms with van der Waals surface area (Å²) in [5, 5.41) is 0. The minimum absolute atomic E-state index is 0.0512. The van der Waals surface area contributed by atoms with Crippen LogP contribution in [0.1, 0.15) is 73.6 Å². The van der Waals surface area contributed by atoms with Crippen LogP contribution in [0, 0.1) is 10.8 Å². The van der Waals surface area contributed by atoms with Crippen molar-refractivity contribution in [3.63, 3.8) is 0 Å². The Kier molecular flexibility index (Phi) is 6.08. The molecule has 2 aliphatic rings. The molecule has 2 rings (SSSR count). The molecule has 0 fully saturated rings. The molecule has 0 unspecified atom stereocenters. The SMILES string of the molecule is C=CC[C@@]12C=CN(C(=O)C(CC)(CC)CC)[C@@H]1CC=CN(C(C)(C)C)C2=O. The first kappa shape index (κ1) is 21.5. The van der Waals surface area contributed by atoms with Crippen LogP contribution >= 0.6 is 0 Å². The highest BCUT2D eigenvalue weighted by Gasteiger charge is 2.54. The second-order valence-corrected chi connectivity index (χ2v) is 8.88. The molecule has 0 aromatic rings. The summed E-state index contributed by atoms with van der Waals surface area (Å²) in [4.78, 5) is 30.9. The summed E-state index contributed by atoms with van der Waals surface area (Å²) >= 11 is 0. The number of rotatable bonds is 6. The molecule has 0 aromatic heterocycles. The van der Waals surface area contributed by atoms with E-state index in [0.29, 0.717) is 12.8 Å². The molecule has 0 N–H and O–H groups in total. The van der Waals surface area contributed by atoms with Gasteiger partial charge in [0.1, 0.15) is 0 Å². The molecule has 4 heteroatoms. The van der Waals surface area contributed by atoms with Gasteiger partial charge in [-0.3, -0.25) is 9.59 Å². The molecule has 2 amide bonds. The van der Waals surface area contributed by atoms with Gasteiger partial charge in [-0.25, -0.2) is 0 Å². The van der Waals surface area contributed by atoms with Crippen molar-refractivity contribution in [1.82, 2.24) is 9.80 Å². The summed E-state index contributed by atoms with van der Waals surface area (Å²) in [7, 11) is 0. The summed E-state index contributed by atoms with van der Waals surface area (Å²) < 4.78 is 0. The van der Waals surface area contributed by atoms with Crippen molar-refractivity contribution in [3.05, 3.63) is 37.2 Å². The lowest BCUT2D eigenvalue weighted by Crippen LogP contribution is -2.55. The van der Waals surface area contributed by atoms with Gasteiger partial charge in [0.2, 0.25) is 11.8 Å². The number of nitrogens with zero attached hydrogens (tertiary/aromatic N) is 2. The molecule has 27 heavy (non-hydrogen) atoms. The highest BCUT2D eigenvalue weighted by atomic mass is 16.2. The second-order valence-electron chi connectivity index (χ2n) is 8.88. The standard InChI is InChI=1S/C23H36N2O2/c1-8-14-23-15-17-24(19(26)22(9-2,10-3)11-4)18(23)13-12-16-25(20(23)27)21(5,6)7/h8,12,15-18H,1,9-11,13-14H2,2-7H3/t18-,23-/m1/s1. The smallest absolute Gasteiger partial charge is 0.239 e. The summed E-state index contributed by atoms with van der Waals surface area (Å²) in [6.07, 6.45) is 13.2. The van der Waals surface area contributed by atoms with Gasteiger partial charge in [0.05, 0.1) is 11.5 Å². The zero-order valence-electron chi connectivity index (χ0n) is 17.9. The largest absolute Gasteiger partial charge is 0.314 e. The Labute approximate surface area is 165 Å². The summed E-state index contributed by atoms with van der Waals surface area (Å²) in [5.74, 6) is 0.197. The zero-order valence-corrected chi connectivity index (χ0v) is 17.9. The van der Waals surface area contributed by atoms with Gasteiger partial charge in [-0.2, -0.15) is 0 Å². The molecule has 0 bridgehead atoms. The summed E-state index contributed by atoms with van der Waals surface area (Å²) in [6, 6.07) is -0.192. The Hall–Kier alpha value is -1.84. The van der Waals surface area contributed by atoms with Gasteiger partial charge in [-0.15, -0.1) is 6.58 Å². The fourth-order valence-corrected chi connectivity index (χ4v) is 4.55. The van der Waals surface area contributed by atoms with E-state index >= 15 is 0 Å². The third-order valence-electron chi connectivity index (χ3n) is 6.62. The molecular formula is C23H36N2O2. The Morgan fingerprint density at radius 1 is 1.22 bits per heavy atom. The minimum Gasteiger partial charge on any atom is -0.314 e. The summed E-state index contributed by atoms with van der Waals surface area (Å²) in [5.41, 5.74) is -1.42. The predicted octanol–water partition coefficient (Wildman–Crippen LogP) is 5.03. The third kappa shape index (κ3) is 3.39. The van der Waals surface area contributed by atoms with Crippen molar-refractivity contribution < 1.29 is 9.59 Å². The average molecular weight is 373 g/mol. The van der Waals surface area contributed by atoms with Crippen LogP contribution in [0.5, 0.6) is 0 Å². The van der Waals surface area contributed by atoms with E-state index in [1.807, 2.05) is 61.2 Å². The first-order valence-corrected chi connectivity index (χ1v) is 10.3. The van der Waals surface area contributed by atoms with Crippen molar-refractivity contribution >= 4 is 11.8 Å². The van der Waals surface area contributed by atoms with E-state index in [2.05, 4.69) is 27.4 Å². The average Bonchev–Trinajstić information content (AvgIpc) is 2.91. The first-order valence-electron chi connectivity index (χ1n) is 10.3. The van der Waals surface area contributed by atoms with Gasteiger partial charge in [-0.1, -0.05) is 39.0 Å². The lowest BCUT2D eigenvalue weighted by Gasteiger charge is -2.42. The molecule has 2 aliphatic heterocycles. The Morgan fingerprint density at radius 2 is 1.81 bits per heavy atom. The van der Waals surface area contributed by atoms with E-state index < -0.39 is 5.41 Å². The van der Waals surface area contributed by atoms with E-state index in [4.69, 9.17) is 0 Å². The molecule has 0 radical (unpaired) electrons. The molecule has 0 aliphatic carbocycles. The molecule has 0 saturated heterocycles. The quantitative estimate of drug-likeness (QED) is 0.613. The van der Waals surface area contributed by atoms with Gasteiger partial charge in [0, 0.05) is 23.4 Å². The van der Waals surface area contributed by atoms with Crippen molar-refractivity contribution in [1.29, 1.82) is 0 Å². The molecule has 2 heterocycles. The van der Waals surface area contributed by atoms with Crippen LogP contribution in [0.25, 0.3) is 0 Å². The lowest BCUT2D eigenvalue weighted by molar-refractivity contribution is -0.148. The number of carbonyl (C=O) groups is 2. The molecule has 150 valence electrons.